The molecule has 1 amide bonds. The minimum atomic E-state index is -1.29. The van der Waals surface area contributed by atoms with Gasteiger partial charge in [0, 0.05) is 17.3 Å². The summed E-state index contributed by atoms with van der Waals surface area (Å²) >= 11 is 5.93. The zero-order chi connectivity index (χ0) is 29.1. The van der Waals surface area contributed by atoms with Crippen LogP contribution in [0.5, 0.6) is 0 Å². The molecular formula is C31H33ClFN5O3. The van der Waals surface area contributed by atoms with Crippen molar-refractivity contribution in [3.8, 4) is 6.07 Å². The van der Waals surface area contributed by atoms with Crippen LogP contribution in [-0.4, -0.2) is 46.1 Å². The number of hydrogen-bond donors (Lipinski definition) is 5. The standard InChI is InChI=1S/C31H33ClFN5O3/c32-23-7-9-24(10-8-23)36-30(41)38-18-25(39)16-28(38)29(40)37-27-15-22(6-11-26(27)33)31(35,13-12-19-4-5-19)21-3-1-2-20(14-21)17-34/h1-3,6-11,14-15,19,25,28,30,36,39,41H,4-5,12-13,16,18,35H2,(H,37,40)/t25-,28+,30?,31?/m0/s1. The highest BCUT2D eigenvalue weighted by Crippen LogP contribution is 2.40. The fourth-order valence-electron chi connectivity index (χ4n) is 5.42. The second-order valence-electron chi connectivity index (χ2n) is 11.0. The molecule has 214 valence electrons. The molecule has 2 aliphatic rings. The number of anilines is 2. The van der Waals surface area contributed by atoms with Crippen LogP contribution in [0, 0.1) is 23.1 Å². The van der Waals surface area contributed by atoms with E-state index in [1.807, 2.05) is 6.07 Å². The Morgan fingerprint density at radius 1 is 1.17 bits per heavy atom. The first-order valence-corrected chi connectivity index (χ1v) is 14.1. The van der Waals surface area contributed by atoms with Gasteiger partial charge in [0.2, 0.25) is 5.91 Å². The van der Waals surface area contributed by atoms with Crippen LogP contribution in [-0.2, 0) is 10.3 Å². The highest BCUT2D eigenvalue weighted by atomic mass is 35.5. The molecule has 3 aromatic carbocycles. The summed E-state index contributed by atoms with van der Waals surface area (Å²) in [6, 6.07) is 19.4. The Balaban J connectivity index is 1.38. The van der Waals surface area contributed by atoms with Gasteiger partial charge in [0.05, 0.1) is 35.0 Å². The lowest BCUT2D eigenvalue weighted by Crippen LogP contribution is -2.48. The van der Waals surface area contributed by atoms with Crippen molar-refractivity contribution in [3.63, 3.8) is 0 Å². The molecule has 0 radical (unpaired) electrons. The molecule has 0 aromatic heterocycles. The number of likely N-dealkylation sites (tertiary alicyclic amines) is 1. The van der Waals surface area contributed by atoms with Crippen LogP contribution >= 0.6 is 11.6 Å². The second-order valence-corrected chi connectivity index (χ2v) is 11.4. The maximum Gasteiger partial charge on any atom is 0.242 e. The number of nitrogens with two attached hydrogens (primary N) is 1. The van der Waals surface area contributed by atoms with Crippen LogP contribution in [0.4, 0.5) is 15.8 Å². The second kappa shape index (κ2) is 12.1. The molecule has 3 aromatic rings. The third-order valence-electron chi connectivity index (χ3n) is 7.96. The third-order valence-corrected chi connectivity index (χ3v) is 8.22. The van der Waals surface area contributed by atoms with E-state index >= 15 is 4.39 Å². The number of carbonyl (C=O) groups is 1. The number of halogens is 2. The minimum Gasteiger partial charge on any atom is -0.392 e. The molecule has 8 nitrogen and oxygen atoms in total. The fraction of sp³-hybridized carbons (Fsp3) is 0.355. The van der Waals surface area contributed by atoms with Gasteiger partial charge in [-0.15, -0.1) is 0 Å². The van der Waals surface area contributed by atoms with Gasteiger partial charge in [-0.25, -0.2) is 9.29 Å². The lowest BCUT2D eigenvalue weighted by atomic mass is 9.79. The van der Waals surface area contributed by atoms with Crippen molar-refractivity contribution >= 4 is 28.9 Å². The van der Waals surface area contributed by atoms with Crippen molar-refractivity contribution in [2.45, 2.75) is 56.1 Å². The van der Waals surface area contributed by atoms with Gasteiger partial charge in [-0.05, 0) is 84.8 Å². The van der Waals surface area contributed by atoms with Crippen molar-refractivity contribution in [1.29, 1.82) is 5.26 Å². The number of carbonyl (C=O) groups excluding carboxylic acids is 1. The molecule has 0 bridgehead atoms. The number of hydrogen-bond acceptors (Lipinski definition) is 7. The molecule has 1 aliphatic carbocycles. The molecule has 6 N–H and O–H groups in total. The zero-order valence-corrected chi connectivity index (χ0v) is 23.2. The third kappa shape index (κ3) is 6.70. The van der Waals surface area contributed by atoms with Gasteiger partial charge in [0.25, 0.3) is 0 Å². The minimum absolute atomic E-state index is 0.0463. The monoisotopic (exact) mass is 577 g/mol. The molecule has 1 saturated carbocycles. The number of benzene rings is 3. The number of amides is 1. The van der Waals surface area contributed by atoms with E-state index < -0.39 is 35.8 Å². The first-order valence-electron chi connectivity index (χ1n) is 13.7. The Morgan fingerprint density at radius 2 is 1.90 bits per heavy atom. The summed E-state index contributed by atoms with van der Waals surface area (Å²) in [6.45, 7) is 0.0463. The van der Waals surface area contributed by atoms with Gasteiger partial charge in [0.15, 0.2) is 6.35 Å². The van der Waals surface area contributed by atoms with Crippen LogP contribution in [0.25, 0.3) is 0 Å². The molecule has 1 heterocycles. The van der Waals surface area contributed by atoms with E-state index in [1.165, 1.54) is 17.0 Å². The molecule has 41 heavy (non-hydrogen) atoms. The smallest absolute Gasteiger partial charge is 0.242 e. The van der Waals surface area contributed by atoms with E-state index in [4.69, 9.17) is 17.3 Å². The molecule has 0 spiro atoms. The largest absolute Gasteiger partial charge is 0.392 e. The first kappa shape index (κ1) is 29.0. The number of aliphatic hydroxyl groups excluding tert-OH is 2. The van der Waals surface area contributed by atoms with Gasteiger partial charge in [-0.3, -0.25) is 4.79 Å². The number of rotatable bonds is 10. The molecule has 10 heteroatoms. The number of β-amino-alcohol motifs (C(OH)–C–C–N with tert-alkyl or cyclic N) is 1. The highest BCUT2D eigenvalue weighted by Gasteiger charge is 2.40. The number of nitrogens with zero attached hydrogens (tertiary/aromatic N) is 2. The summed E-state index contributed by atoms with van der Waals surface area (Å²) in [5, 5.41) is 36.7. The SMILES string of the molecule is N#Cc1cccc(C(N)(CCC2CC2)c2ccc(F)c(NC(=O)[C@H]3C[C@H](O)CN3C(O)Nc3ccc(Cl)cc3)c2)c1. The topological polar surface area (TPSA) is 135 Å². The molecule has 5 rings (SSSR count). The maximum atomic E-state index is 15.1. The summed E-state index contributed by atoms with van der Waals surface area (Å²) in [5.74, 6) is -0.603. The van der Waals surface area contributed by atoms with Gasteiger partial charge >= 0.3 is 0 Å². The fourth-order valence-corrected chi connectivity index (χ4v) is 5.54. The van der Waals surface area contributed by atoms with E-state index in [9.17, 15) is 20.3 Å². The molecule has 4 atom stereocenters. The van der Waals surface area contributed by atoms with E-state index in [-0.39, 0.29) is 18.7 Å². The van der Waals surface area contributed by atoms with Gasteiger partial charge < -0.3 is 26.6 Å². The molecule has 2 fully saturated rings. The number of nitriles is 1. The van der Waals surface area contributed by atoms with Crippen LogP contribution in [0.1, 0.15) is 48.8 Å². The Labute approximate surface area is 243 Å². The van der Waals surface area contributed by atoms with E-state index in [1.54, 1.807) is 48.5 Å². The molecule has 1 saturated heterocycles. The van der Waals surface area contributed by atoms with Crippen molar-refractivity contribution < 1.29 is 19.4 Å². The van der Waals surface area contributed by atoms with Crippen LogP contribution in [0.15, 0.2) is 66.7 Å². The summed E-state index contributed by atoms with van der Waals surface area (Å²) in [6.07, 6.45) is 1.72. The average molecular weight is 578 g/mol. The predicted molar refractivity (Wildman–Crippen MR) is 155 cm³/mol. The Hall–Kier alpha value is -3.52. The normalized spacial score (nSPS) is 21.1. The molecule has 2 unspecified atom stereocenters. The lowest BCUT2D eigenvalue weighted by Gasteiger charge is -2.32. The van der Waals surface area contributed by atoms with Crippen molar-refractivity contribution in [1.82, 2.24) is 4.90 Å². The van der Waals surface area contributed by atoms with Gasteiger partial charge in [-0.2, -0.15) is 5.26 Å². The molecule has 1 aliphatic heterocycles. The van der Waals surface area contributed by atoms with Crippen LogP contribution in [0.2, 0.25) is 5.02 Å². The lowest BCUT2D eigenvalue weighted by molar-refractivity contribution is -0.123. The van der Waals surface area contributed by atoms with E-state index in [0.717, 1.165) is 24.8 Å². The predicted octanol–water partition coefficient (Wildman–Crippen LogP) is 4.50. The summed E-state index contributed by atoms with van der Waals surface area (Å²) in [5.41, 5.74) is 8.39. The maximum absolute atomic E-state index is 15.1. The highest BCUT2D eigenvalue weighted by molar-refractivity contribution is 6.30. The van der Waals surface area contributed by atoms with Crippen LogP contribution < -0.4 is 16.4 Å². The quantitative estimate of drug-likeness (QED) is 0.224. The zero-order valence-electron chi connectivity index (χ0n) is 22.4. The van der Waals surface area contributed by atoms with Crippen molar-refractivity contribution in [2.24, 2.45) is 11.7 Å². The number of aliphatic hydroxyl groups is 2. The summed E-state index contributed by atoms with van der Waals surface area (Å²) in [7, 11) is 0. The van der Waals surface area contributed by atoms with E-state index in [2.05, 4.69) is 16.7 Å². The Kier molecular flexibility index (Phi) is 8.59. The number of nitrogens with one attached hydrogen (secondary N) is 2. The summed E-state index contributed by atoms with van der Waals surface area (Å²) in [4.78, 5) is 14.8. The summed E-state index contributed by atoms with van der Waals surface area (Å²) < 4.78 is 15.1. The van der Waals surface area contributed by atoms with Gasteiger partial charge in [-0.1, -0.05) is 42.6 Å². The van der Waals surface area contributed by atoms with Crippen LogP contribution in [0.3, 0.4) is 0 Å². The molecular weight excluding hydrogens is 545 g/mol. The first-order chi connectivity index (χ1) is 19.7. The Bertz CT molecular complexity index is 1440. The van der Waals surface area contributed by atoms with Gasteiger partial charge in [0.1, 0.15) is 5.82 Å². The van der Waals surface area contributed by atoms with E-state index in [0.29, 0.717) is 34.2 Å². The average Bonchev–Trinajstić information content (AvgIpc) is 3.72. The Morgan fingerprint density at radius 3 is 2.61 bits per heavy atom. The van der Waals surface area contributed by atoms with Crippen molar-refractivity contribution in [3.05, 3.63) is 94.3 Å². The van der Waals surface area contributed by atoms with Crippen molar-refractivity contribution in [2.75, 3.05) is 17.2 Å².